The third-order valence-corrected chi connectivity index (χ3v) is 8.62. The first-order valence-corrected chi connectivity index (χ1v) is 19.2. The maximum Gasteiger partial charge on any atom is 0.0701 e. The molecular formula is C38H79NO. The number of unbranched alkanes of at least 4 members (excludes halogenated alkanes) is 30. The number of ether oxygens (including phenoxy) is 1. The zero-order valence-electron chi connectivity index (χ0n) is 28.4. The van der Waals surface area contributed by atoms with Crippen LogP contribution in [0.5, 0.6) is 0 Å². The van der Waals surface area contributed by atoms with Crippen LogP contribution in [0.3, 0.4) is 0 Å². The fourth-order valence-corrected chi connectivity index (χ4v) is 5.72. The molecule has 0 spiro atoms. The average molecular weight is 566 g/mol. The van der Waals surface area contributed by atoms with Gasteiger partial charge in [0, 0.05) is 0 Å². The normalized spacial score (nSPS) is 12.4. The molecule has 2 heteroatoms. The van der Waals surface area contributed by atoms with Crippen LogP contribution in [0.4, 0.5) is 0 Å². The first kappa shape index (κ1) is 39.9. The van der Waals surface area contributed by atoms with Crippen LogP contribution in [0.25, 0.3) is 0 Å². The number of hydrogen-bond donors (Lipinski definition) is 1. The van der Waals surface area contributed by atoms with Crippen molar-refractivity contribution in [2.45, 2.75) is 219 Å². The number of epoxide rings is 1. The summed E-state index contributed by atoms with van der Waals surface area (Å²) >= 11 is 0. The fraction of sp³-hybridized carbons (Fsp3) is 1.00. The molecule has 1 heterocycles. The second-order valence-electron chi connectivity index (χ2n) is 13.0. The summed E-state index contributed by atoms with van der Waals surface area (Å²) in [6.45, 7) is 9.11. The maximum atomic E-state index is 4.50. The van der Waals surface area contributed by atoms with Gasteiger partial charge in [0.15, 0.2) is 0 Å². The summed E-state index contributed by atoms with van der Waals surface area (Å²) in [6, 6.07) is 0. The molecule has 0 unspecified atom stereocenters. The molecular weight excluding hydrogens is 486 g/mol. The van der Waals surface area contributed by atoms with Gasteiger partial charge < -0.3 is 10.1 Å². The van der Waals surface area contributed by atoms with Gasteiger partial charge in [0.25, 0.3) is 0 Å². The van der Waals surface area contributed by atoms with Gasteiger partial charge >= 0.3 is 0 Å². The van der Waals surface area contributed by atoms with E-state index < -0.39 is 0 Å². The second kappa shape index (κ2) is 38.9. The van der Waals surface area contributed by atoms with Crippen LogP contribution in [0.15, 0.2) is 0 Å². The minimum atomic E-state index is 1.00. The minimum absolute atomic E-state index is 1.00. The Labute approximate surface area is 255 Å². The first-order chi connectivity index (χ1) is 19.9. The molecule has 1 fully saturated rings. The standard InChI is InChI=1S/C36H75N.C2H4O/c1-3-5-7-9-11-13-15-17-19-21-23-25-27-29-31-33-35-37-36-34-32-30-28-26-24-22-20-18-16-14-12-10-8-6-4-2;1-2-3-1/h37H,3-36H2,1-2H3;1-2H2. The molecule has 0 amide bonds. The van der Waals surface area contributed by atoms with Crippen LogP contribution >= 0.6 is 0 Å². The van der Waals surface area contributed by atoms with Crippen molar-refractivity contribution >= 4 is 0 Å². The molecule has 242 valence electrons. The number of hydrogen-bond acceptors (Lipinski definition) is 2. The van der Waals surface area contributed by atoms with Gasteiger partial charge in [-0.05, 0) is 25.9 Å². The zero-order valence-corrected chi connectivity index (χ0v) is 28.4. The topological polar surface area (TPSA) is 24.6 Å². The van der Waals surface area contributed by atoms with Crippen LogP contribution in [-0.4, -0.2) is 26.3 Å². The molecule has 1 N–H and O–H groups in total. The molecule has 0 aromatic rings. The highest BCUT2D eigenvalue weighted by Crippen LogP contribution is 2.15. The van der Waals surface area contributed by atoms with Crippen LogP contribution in [0.2, 0.25) is 0 Å². The predicted octanol–water partition coefficient (Wildman–Crippen LogP) is 13.1. The summed E-state index contributed by atoms with van der Waals surface area (Å²) in [5.41, 5.74) is 0. The van der Waals surface area contributed by atoms with Gasteiger partial charge in [-0.2, -0.15) is 0 Å². The van der Waals surface area contributed by atoms with Crippen molar-refractivity contribution in [3.05, 3.63) is 0 Å². The van der Waals surface area contributed by atoms with E-state index in [1.54, 1.807) is 0 Å². The Balaban J connectivity index is 0.00000471. The molecule has 0 radical (unpaired) electrons. The van der Waals surface area contributed by atoms with E-state index in [1.807, 2.05) is 0 Å². The van der Waals surface area contributed by atoms with Gasteiger partial charge in [-0.25, -0.2) is 0 Å². The first-order valence-electron chi connectivity index (χ1n) is 19.2. The van der Waals surface area contributed by atoms with E-state index in [-0.39, 0.29) is 0 Å². The van der Waals surface area contributed by atoms with Gasteiger partial charge in [-0.15, -0.1) is 0 Å². The lowest BCUT2D eigenvalue weighted by Crippen LogP contribution is -2.16. The van der Waals surface area contributed by atoms with Crippen LogP contribution < -0.4 is 5.32 Å². The van der Waals surface area contributed by atoms with Crippen LogP contribution in [-0.2, 0) is 4.74 Å². The number of rotatable bonds is 34. The summed E-state index contributed by atoms with van der Waals surface area (Å²) in [7, 11) is 0. The summed E-state index contributed by atoms with van der Waals surface area (Å²) in [6.07, 6.45) is 46.7. The Morgan fingerprint density at radius 1 is 0.300 bits per heavy atom. The maximum absolute atomic E-state index is 4.50. The summed E-state index contributed by atoms with van der Waals surface area (Å²) in [5.74, 6) is 0. The van der Waals surface area contributed by atoms with Gasteiger partial charge in [-0.1, -0.05) is 206 Å². The molecule has 0 aliphatic carbocycles. The lowest BCUT2D eigenvalue weighted by atomic mass is 10.0. The van der Waals surface area contributed by atoms with Gasteiger partial charge in [0.2, 0.25) is 0 Å². The Morgan fingerprint density at radius 2 is 0.475 bits per heavy atom. The quantitative estimate of drug-likeness (QED) is 0.0619. The van der Waals surface area contributed by atoms with Crippen molar-refractivity contribution in [3.8, 4) is 0 Å². The van der Waals surface area contributed by atoms with Gasteiger partial charge in [-0.3, -0.25) is 0 Å². The van der Waals surface area contributed by atoms with Crippen LogP contribution in [0.1, 0.15) is 219 Å². The molecule has 0 bridgehead atoms. The lowest BCUT2D eigenvalue weighted by Gasteiger charge is -2.06. The third-order valence-electron chi connectivity index (χ3n) is 8.62. The fourth-order valence-electron chi connectivity index (χ4n) is 5.72. The number of nitrogens with one attached hydrogen (secondary N) is 1. The Bertz CT molecular complexity index is 374. The molecule has 0 aromatic heterocycles. The van der Waals surface area contributed by atoms with E-state index in [4.69, 9.17) is 0 Å². The largest absolute Gasteiger partial charge is 0.377 e. The Morgan fingerprint density at radius 3 is 0.650 bits per heavy atom. The molecule has 1 aliphatic rings. The molecule has 1 aliphatic heterocycles. The zero-order chi connectivity index (χ0) is 28.9. The van der Waals surface area contributed by atoms with Crippen molar-refractivity contribution < 1.29 is 4.74 Å². The molecule has 1 rings (SSSR count). The monoisotopic (exact) mass is 566 g/mol. The van der Waals surface area contributed by atoms with Crippen molar-refractivity contribution in [2.24, 2.45) is 0 Å². The van der Waals surface area contributed by atoms with E-state index >= 15 is 0 Å². The third kappa shape index (κ3) is 42.4. The minimum Gasteiger partial charge on any atom is -0.377 e. The average Bonchev–Trinajstić information content (AvgIpc) is 3.86. The molecule has 1 saturated heterocycles. The predicted molar refractivity (Wildman–Crippen MR) is 183 cm³/mol. The van der Waals surface area contributed by atoms with E-state index in [0.717, 1.165) is 13.2 Å². The van der Waals surface area contributed by atoms with Crippen molar-refractivity contribution in [2.75, 3.05) is 26.3 Å². The smallest absolute Gasteiger partial charge is 0.0701 e. The molecule has 2 nitrogen and oxygen atoms in total. The van der Waals surface area contributed by atoms with E-state index in [0.29, 0.717) is 0 Å². The summed E-state index contributed by atoms with van der Waals surface area (Å²) in [5, 5.41) is 3.68. The van der Waals surface area contributed by atoms with Crippen LogP contribution in [0, 0.1) is 0 Å². The SMILES string of the molecule is C1CO1.CCCCCCCCCCCCCCCCCCNCCCCCCCCCCCCCCCCCC. The van der Waals surface area contributed by atoms with Crippen molar-refractivity contribution in [1.29, 1.82) is 0 Å². The summed E-state index contributed by atoms with van der Waals surface area (Å²) < 4.78 is 4.50. The van der Waals surface area contributed by atoms with E-state index in [9.17, 15) is 0 Å². The van der Waals surface area contributed by atoms with Crippen molar-refractivity contribution in [1.82, 2.24) is 5.32 Å². The lowest BCUT2D eigenvalue weighted by molar-refractivity contribution is 0.475. The molecule has 0 aromatic carbocycles. The highest BCUT2D eigenvalue weighted by atomic mass is 16.6. The molecule has 0 saturated carbocycles. The molecule has 0 atom stereocenters. The highest BCUT2D eigenvalue weighted by molar-refractivity contribution is 4.54. The Kier molecular flexibility index (Phi) is 38.8. The van der Waals surface area contributed by atoms with Crippen molar-refractivity contribution in [3.63, 3.8) is 0 Å². The van der Waals surface area contributed by atoms with Gasteiger partial charge in [0.1, 0.15) is 0 Å². The highest BCUT2D eigenvalue weighted by Gasteiger charge is 1.97. The molecule has 40 heavy (non-hydrogen) atoms. The van der Waals surface area contributed by atoms with E-state index in [2.05, 4.69) is 23.9 Å². The summed E-state index contributed by atoms with van der Waals surface area (Å²) in [4.78, 5) is 0. The Hall–Kier alpha value is -0.0800. The van der Waals surface area contributed by atoms with Gasteiger partial charge in [0.05, 0.1) is 13.2 Å². The second-order valence-corrected chi connectivity index (χ2v) is 13.0. The van der Waals surface area contributed by atoms with E-state index in [1.165, 1.54) is 219 Å².